The molecule has 1 aromatic carbocycles. The maximum absolute atomic E-state index is 11.7. The topological polar surface area (TPSA) is 46.6 Å². The van der Waals surface area contributed by atoms with E-state index in [1.165, 1.54) is 103 Å². The molecule has 1 aliphatic rings. The summed E-state index contributed by atoms with van der Waals surface area (Å²) in [7, 11) is -2.85. The molecule has 1 atom stereocenters. The summed E-state index contributed by atoms with van der Waals surface area (Å²) in [6.45, 7) is 6.54. The van der Waals surface area contributed by atoms with Crippen molar-refractivity contribution < 1.29 is 13.2 Å². The zero-order valence-electron chi connectivity index (χ0n) is 22.8. The molecule has 0 aromatic heterocycles. The maximum atomic E-state index is 11.7. The number of hydrogen-bond donors (Lipinski definition) is 0. The minimum Gasteiger partial charge on any atom is -0.493 e. The van der Waals surface area contributed by atoms with E-state index >= 15 is 0 Å². The highest BCUT2D eigenvalue weighted by Crippen LogP contribution is 2.24. The average Bonchev–Trinajstić information content (AvgIpc) is 2.86. The smallest absolute Gasteiger partial charge is 0.153 e. The van der Waals surface area contributed by atoms with Gasteiger partial charge in [0.05, 0.1) is 18.1 Å². The van der Waals surface area contributed by atoms with Gasteiger partial charge in [0.15, 0.2) is 9.84 Å². The van der Waals surface area contributed by atoms with E-state index in [4.69, 9.17) is 4.74 Å². The predicted octanol–water partition coefficient (Wildman–Crippen LogP) is 8.20. The molecule has 2 rings (SSSR count). The first-order chi connectivity index (χ1) is 17.0. The summed E-state index contributed by atoms with van der Waals surface area (Å²) in [5.74, 6) is 2.09. The number of nitrogens with zero attached hydrogens (tertiary/aromatic N) is 1. The van der Waals surface area contributed by atoms with Crippen LogP contribution in [0.15, 0.2) is 24.3 Å². The highest BCUT2D eigenvalue weighted by molar-refractivity contribution is 7.91. The van der Waals surface area contributed by atoms with Crippen molar-refractivity contribution in [2.24, 2.45) is 5.92 Å². The summed E-state index contributed by atoms with van der Waals surface area (Å²) in [5, 5.41) is 0. The Morgan fingerprint density at radius 1 is 0.714 bits per heavy atom. The molecule has 0 amide bonds. The summed E-state index contributed by atoms with van der Waals surface area (Å²) >= 11 is 0. The third-order valence-corrected chi connectivity index (χ3v) is 9.07. The van der Waals surface area contributed by atoms with Crippen LogP contribution in [0.4, 0.5) is 5.69 Å². The molecule has 1 saturated heterocycles. The molecule has 0 bridgehead atoms. The first-order valence-corrected chi connectivity index (χ1v) is 16.5. The Morgan fingerprint density at radius 2 is 1.17 bits per heavy atom. The van der Waals surface area contributed by atoms with Gasteiger partial charge in [-0.25, -0.2) is 8.42 Å². The van der Waals surface area contributed by atoms with Crippen molar-refractivity contribution in [3.05, 3.63) is 24.3 Å². The summed E-state index contributed by atoms with van der Waals surface area (Å²) in [5.41, 5.74) is 1.09. The van der Waals surface area contributed by atoms with Gasteiger partial charge < -0.3 is 9.64 Å². The van der Waals surface area contributed by atoms with Crippen LogP contribution in [0.3, 0.4) is 0 Å². The zero-order valence-corrected chi connectivity index (χ0v) is 23.6. The third kappa shape index (κ3) is 13.6. The van der Waals surface area contributed by atoms with Crippen molar-refractivity contribution in [3.8, 4) is 5.75 Å². The van der Waals surface area contributed by atoms with Gasteiger partial charge >= 0.3 is 0 Å². The monoisotopic (exact) mass is 507 g/mol. The van der Waals surface area contributed by atoms with Crippen LogP contribution < -0.4 is 9.64 Å². The second-order valence-corrected chi connectivity index (χ2v) is 12.9. The zero-order chi connectivity index (χ0) is 25.2. The predicted molar refractivity (Wildman–Crippen MR) is 152 cm³/mol. The van der Waals surface area contributed by atoms with Crippen molar-refractivity contribution in [3.63, 3.8) is 0 Å². The Labute approximate surface area is 217 Å². The summed E-state index contributed by atoms with van der Waals surface area (Å²) < 4.78 is 29.6. The van der Waals surface area contributed by atoms with E-state index < -0.39 is 9.84 Å². The lowest BCUT2D eigenvalue weighted by atomic mass is 9.94. The molecule has 4 nitrogen and oxygen atoms in total. The quantitative estimate of drug-likeness (QED) is 0.167. The van der Waals surface area contributed by atoms with Gasteiger partial charge in [0, 0.05) is 18.8 Å². The van der Waals surface area contributed by atoms with Crippen LogP contribution in [0.25, 0.3) is 0 Å². The number of benzene rings is 1. The highest BCUT2D eigenvalue weighted by atomic mass is 32.2. The fourth-order valence-electron chi connectivity index (χ4n) is 5.03. The lowest BCUT2D eigenvalue weighted by molar-refractivity contribution is 0.224. The molecule has 1 aliphatic heterocycles. The Hall–Kier alpha value is -1.23. The van der Waals surface area contributed by atoms with E-state index in [1.54, 1.807) is 0 Å². The highest BCUT2D eigenvalue weighted by Gasteiger charge is 2.21. The van der Waals surface area contributed by atoms with E-state index in [2.05, 4.69) is 43.0 Å². The first-order valence-electron chi connectivity index (χ1n) is 14.7. The third-order valence-electron chi connectivity index (χ3n) is 7.46. The molecule has 1 heterocycles. The standard InChI is InChI=1S/C30H53NO3S/c1-3-5-7-9-11-12-14-16-18-28(17-15-13-10-8-6-4-2)27-34-30-21-19-29(20-22-30)31-23-25-35(32,33)26-24-31/h19-22,28H,3-18,23-27H2,1-2H3. The van der Waals surface area contributed by atoms with Crippen molar-refractivity contribution in [2.75, 3.05) is 36.1 Å². The van der Waals surface area contributed by atoms with Crippen LogP contribution in [0.1, 0.15) is 117 Å². The van der Waals surface area contributed by atoms with Crippen LogP contribution in [-0.2, 0) is 9.84 Å². The molecule has 202 valence electrons. The molecular weight excluding hydrogens is 454 g/mol. The largest absolute Gasteiger partial charge is 0.493 e. The number of anilines is 1. The number of unbranched alkanes of at least 4 members (excludes halogenated alkanes) is 12. The molecule has 5 heteroatoms. The Morgan fingerprint density at radius 3 is 1.66 bits per heavy atom. The SMILES string of the molecule is CCCCCCCCCCC(CCCCCCCC)COc1ccc(N2CCS(=O)(=O)CC2)cc1. The molecule has 1 unspecified atom stereocenters. The Balaban J connectivity index is 1.73. The minimum atomic E-state index is -2.85. The van der Waals surface area contributed by atoms with Gasteiger partial charge in [-0.2, -0.15) is 0 Å². The maximum Gasteiger partial charge on any atom is 0.153 e. The fraction of sp³-hybridized carbons (Fsp3) is 0.800. The molecular formula is C30H53NO3S. The van der Waals surface area contributed by atoms with Gasteiger partial charge in [0.2, 0.25) is 0 Å². The van der Waals surface area contributed by atoms with Crippen LogP contribution in [0, 0.1) is 5.92 Å². The van der Waals surface area contributed by atoms with E-state index in [9.17, 15) is 8.42 Å². The van der Waals surface area contributed by atoms with E-state index in [0.717, 1.165) is 18.0 Å². The number of ether oxygens (including phenoxy) is 1. The van der Waals surface area contributed by atoms with Gasteiger partial charge in [-0.3, -0.25) is 0 Å². The van der Waals surface area contributed by atoms with Crippen LogP contribution in [0.2, 0.25) is 0 Å². The first kappa shape index (κ1) is 30.0. The molecule has 1 aromatic rings. The molecule has 0 N–H and O–H groups in total. The lowest BCUT2D eigenvalue weighted by Gasteiger charge is -2.28. The van der Waals surface area contributed by atoms with Gasteiger partial charge in [-0.15, -0.1) is 0 Å². The minimum absolute atomic E-state index is 0.254. The van der Waals surface area contributed by atoms with Crippen molar-refractivity contribution in [2.45, 2.75) is 117 Å². The van der Waals surface area contributed by atoms with E-state index in [0.29, 0.717) is 19.0 Å². The van der Waals surface area contributed by atoms with E-state index in [-0.39, 0.29) is 11.5 Å². The molecule has 0 saturated carbocycles. The van der Waals surface area contributed by atoms with Gasteiger partial charge in [-0.05, 0) is 43.0 Å². The lowest BCUT2D eigenvalue weighted by Crippen LogP contribution is -2.40. The van der Waals surface area contributed by atoms with Crippen molar-refractivity contribution in [1.29, 1.82) is 0 Å². The molecule has 1 fully saturated rings. The van der Waals surface area contributed by atoms with E-state index in [1.807, 2.05) is 0 Å². The van der Waals surface area contributed by atoms with Crippen LogP contribution in [-0.4, -0.2) is 39.6 Å². The average molecular weight is 508 g/mol. The second kappa shape index (κ2) is 18.1. The number of sulfone groups is 1. The Bertz CT molecular complexity index is 733. The number of hydrogen-bond acceptors (Lipinski definition) is 4. The normalized spacial score (nSPS) is 16.3. The van der Waals surface area contributed by atoms with Crippen molar-refractivity contribution >= 4 is 15.5 Å². The summed E-state index contributed by atoms with van der Waals surface area (Å²) in [6.07, 6.45) is 21.7. The van der Waals surface area contributed by atoms with Gasteiger partial charge in [-0.1, -0.05) is 104 Å². The number of rotatable bonds is 20. The molecule has 0 spiro atoms. The second-order valence-electron chi connectivity index (χ2n) is 10.6. The van der Waals surface area contributed by atoms with Gasteiger partial charge in [0.1, 0.15) is 5.75 Å². The molecule has 35 heavy (non-hydrogen) atoms. The molecule has 0 radical (unpaired) electrons. The molecule has 0 aliphatic carbocycles. The Kier molecular flexibility index (Phi) is 15.5. The fourth-order valence-corrected chi connectivity index (χ4v) is 6.23. The summed E-state index contributed by atoms with van der Waals surface area (Å²) in [6, 6.07) is 8.26. The summed E-state index contributed by atoms with van der Waals surface area (Å²) in [4.78, 5) is 2.16. The van der Waals surface area contributed by atoms with Crippen LogP contribution >= 0.6 is 0 Å². The van der Waals surface area contributed by atoms with Crippen LogP contribution in [0.5, 0.6) is 5.75 Å². The van der Waals surface area contributed by atoms with Crippen molar-refractivity contribution in [1.82, 2.24) is 0 Å². The van der Waals surface area contributed by atoms with Gasteiger partial charge in [0.25, 0.3) is 0 Å².